The number of aromatic nitrogens is 2. The molecular formula is C22H16FN3O2S. The third-order valence-corrected chi connectivity index (χ3v) is 6.21. The van der Waals surface area contributed by atoms with Crippen LogP contribution in [-0.2, 0) is 22.3 Å². The zero-order valence-corrected chi connectivity index (χ0v) is 16.1. The van der Waals surface area contributed by atoms with Gasteiger partial charge in [-0.25, -0.2) is 9.07 Å². The highest BCUT2D eigenvalue weighted by Gasteiger charge is 2.28. The quantitative estimate of drug-likeness (QED) is 0.556. The molecule has 2 heterocycles. The van der Waals surface area contributed by atoms with Gasteiger partial charge in [-0.05, 0) is 41.1 Å². The molecule has 7 heteroatoms. The van der Waals surface area contributed by atoms with E-state index < -0.39 is 10.8 Å². The Hall–Kier alpha value is -3.32. The topological polar surface area (TPSA) is 64.0 Å². The van der Waals surface area contributed by atoms with Crippen LogP contribution in [0.25, 0.3) is 16.5 Å². The fraction of sp³-hybridized carbons (Fsp3) is 0.0909. The third kappa shape index (κ3) is 3.13. The van der Waals surface area contributed by atoms with E-state index in [4.69, 9.17) is 0 Å². The first-order valence-corrected chi connectivity index (χ1v) is 10.6. The van der Waals surface area contributed by atoms with Gasteiger partial charge in [0, 0.05) is 21.9 Å². The van der Waals surface area contributed by atoms with Crippen molar-refractivity contribution in [1.29, 1.82) is 0 Å². The van der Waals surface area contributed by atoms with Crippen molar-refractivity contribution in [1.82, 2.24) is 9.78 Å². The second-order valence-corrected chi connectivity index (χ2v) is 8.33. The summed E-state index contributed by atoms with van der Waals surface area (Å²) < 4.78 is 27.0. The summed E-state index contributed by atoms with van der Waals surface area (Å²) in [4.78, 5) is 13.2. The zero-order valence-electron chi connectivity index (χ0n) is 15.3. The Kier molecular flexibility index (Phi) is 4.24. The van der Waals surface area contributed by atoms with Crippen LogP contribution >= 0.6 is 0 Å². The number of hydrogen-bond donors (Lipinski definition) is 1. The van der Waals surface area contributed by atoms with Crippen molar-refractivity contribution < 1.29 is 13.4 Å². The van der Waals surface area contributed by atoms with Gasteiger partial charge < -0.3 is 5.32 Å². The van der Waals surface area contributed by atoms with Crippen LogP contribution in [0.5, 0.6) is 0 Å². The van der Waals surface area contributed by atoms with Crippen LogP contribution in [0.2, 0.25) is 0 Å². The summed E-state index contributed by atoms with van der Waals surface area (Å²) in [5.74, 6) is 0.541. The van der Waals surface area contributed by atoms with E-state index in [0.717, 1.165) is 16.3 Å². The molecule has 5 rings (SSSR count). The van der Waals surface area contributed by atoms with Crippen LogP contribution in [0.4, 0.5) is 10.2 Å². The van der Waals surface area contributed by atoms with Gasteiger partial charge in [0.1, 0.15) is 11.6 Å². The van der Waals surface area contributed by atoms with Crippen LogP contribution in [-0.4, -0.2) is 19.9 Å². The molecule has 4 aromatic rings. The average molecular weight is 405 g/mol. The monoisotopic (exact) mass is 405 g/mol. The van der Waals surface area contributed by atoms with Gasteiger partial charge in [-0.3, -0.25) is 9.00 Å². The Morgan fingerprint density at radius 3 is 2.59 bits per heavy atom. The number of amides is 1. The molecule has 0 saturated carbocycles. The van der Waals surface area contributed by atoms with E-state index in [0.29, 0.717) is 34.3 Å². The van der Waals surface area contributed by atoms with Gasteiger partial charge in [0.15, 0.2) is 0 Å². The highest BCUT2D eigenvalue weighted by molar-refractivity contribution is 7.83. The number of nitrogens with one attached hydrogen (secondary N) is 1. The molecule has 1 aromatic heterocycles. The highest BCUT2D eigenvalue weighted by atomic mass is 32.2. The molecule has 0 bridgehead atoms. The molecule has 144 valence electrons. The SMILES string of the molecule is O=C(Nc1c2c(nn1-c1ccc(F)cc1)C[S@@](=O)C2)c1cccc2ccccc12. The van der Waals surface area contributed by atoms with E-state index in [2.05, 4.69) is 10.4 Å². The van der Waals surface area contributed by atoms with E-state index in [9.17, 15) is 13.4 Å². The third-order valence-electron chi connectivity index (χ3n) is 5.01. The lowest BCUT2D eigenvalue weighted by atomic mass is 10.0. The molecule has 0 fully saturated rings. The second-order valence-electron chi connectivity index (χ2n) is 6.87. The molecule has 0 spiro atoms. The largest absolute Gasteiger partial charge is 0.306 e. The zero-order chi connectivity index (χ0) is 20.0. The Labute approximate surface area is 168 Å². The Bertz CT molecular complexity index is 1280. The summed E-state index contributed by atoms with van der Waals surface area (Å²) in [7, 11) is -1.04. The molecule has 29 heavy (non-hydrogen) atoms. The van der Waals surface area contributed by atoms with E-state index in [1.807, 2.05) is 36.4 Å². The van der Waals surface area contributed by atoms with E-state index in [1.54, 1.807) is 22.9 Å². The van der Waals surface area contributed by atoms with E-state index in [-0.39, 0.29) is 11.7 Å². The molecule has 1 amide bonds. The summed E-state index contributed by atoms with van der Waals surface area (Å²) in [5, 5.41) is 9.32. The van der Waals surface area contributed by atoms with Gasteiger partial charge in [0.2, 0.25) is 0 Å². The van der Waals surface area contributed by atoms with Crippen LogP contribution in [0, 0.1) is 5.82 Å². The van der Waals surface area contributed by atoms with Crippen molar-refractivity contribution in [3.8, 4) is 5.69 Å². The first-order chi connectivity index (χ1) is 14.1. The first kappa shape index (κ1) is 17.8. The van der Waals surface area contributed by atoms with Crippen LogP contribution in [0.15, 0.2) is 66.7 Å². The molecule has 0 saturated heterocycles. The van der Waals surface area contributed by atoms with Crippen molar-refractivity contribution in [2.75, 3.05) is 5.32 Å². The molecule has 1 N–H and O–H groups in total. The summed E-state index contributed by atoms with van der Waals surface area (Å²) in [6.45, 7) is 0. The number of halogens is 1. The summed E-state index contributed by atoms with van der Waals surface area (Å²) in [5.41, 5.74) is 2.63. The lowest BCUT2D eigenvalue weighted by Crippen LogP contribution is -2.17. The predicted octanol–water partition coefficient (Wildman–Crippen LogP) is 4.18. The van der Waals surface area contributed by atoms with Crippen LogP contribution < -0.4 is 5.32 Å². The molecule has 3 aromatic carbocycles. The smallest absolute Gasteiger partial charge is 0.257 e. The number of carbonyl (C=O) groups excluding carboxylic acids is 1. The second kappa shape index (κ2) is 6.93. The Morgan fingerprint density at radius 1 is 1.00 bits per heavy atom. The average Bonchev–Trinajstić information content (AvgIpc) is 3.25. The van der Waals surface area contributed by atoms with Crippen molar-refractivity contribution >= 4 is 33.3 Å². The number of carbonyl (C=O) groups is 1. The molecule has 1 aliphatic heterocycles. The summed E-state index contributed by atoms with van der Waals surface area (Å²) >= 11 is 0. The normalized spacial score (nSPS) is 15.4. The molecule has 0 radical (unpaired) electrons. The maximum Gasteiger partial charge on any atom is 0.257 e. The Morgan fingerprint density at radius 2 is 1.76 bits per heavy atom. The molecule has 1 atom stereocenters. The lowest BCUT2D eigenvalue weighted by Gasteiger charge is -2.12. The first-order valence-electron chi connectivity index (χ1n) is 9.11. The minimum atomic E-state index is -1.04. The summed E-state index contributed by atoms with van der Waals surface area (Å²) in [6.07, 6.45) is 0. The standard InChI is InChI=1S/C22H16FN3O2S/c23-15-8-10-16(11-9-15)26-21(19-12-29(28)13-20(19)25-26)24-22(27)18-7-3-5-14-4-1-2-6-17(14)18/h1-11H,12-13H2,(H,24,27)/t29-/m0/s1. The van der Waals surface area contributed by atoms with Gasteiger partial charge in [-0.2, -0.15) is 5.10 Å². The molecule has 5 nitrogen and oxygen atoms in total. The lowest BCUT2D eigenvalue weighted by molar-refractivity contribution is 0.102. The van der Waals surface area contributed by atoms with Gasteiger partial charge in [-0.1, -0.05) is 36.4 Å². The number of fused-ring (bicyclic) bond motifs is 2. The van der Waals surface area contributed by atoms with Crippen molar-refractivity contribution in [3.63, 3.8) is 0 Å². The molecule has 0 unspecified atom stereocenters. The molecule has 0 aliphatic carbocycles. The van der Waals surface area contributed by atoms with Gasteiger partial charge >= 0.3 is 0 Å². The number of nitrogens with zero attached hydrogens (tertiary/aromatic N) is 2. The van der Waals surface area contributed by atoms with Gasteiger partial charge in [-0.15, -0.1) is 0 Å². The van der Waals surface area contributed by atoms with E-state index in [1.165, 1.54) is 12.1 Å². The minimum absolute atomic E-state index is 0.273. The van der Waals surface area contributed by atoms with Crippen LogP contribution in [0.3, 0.4) is 0 Å². The minimum Gasteiger partial charge on any atom is -0.306 e. The number of anilines is 1. The molecular weight excluding hydrogens is 389 g/mol. The van der Waals surface area contributed by atoms with Crippen molar-refractivity contribution in [2.45, 2.75) is 11.5 Å². The number of benzene rings is 3. The maximum absolute atomic E-state index is 13.4. The molecule has 1 aliphatic rings. The predicted molar refractivity (Wildman–Crippen MR) is 111 cm³/mol. The fourth-order valence-corrected chi connectivity index (χ4v) is 4.89. The fourth-order valence-electron chi connectivity index (χ4n) is 3.62. The van der Waals surface area contributed by atoms with Crippen molar-refractivity contribution in [3.05, 3.63) is 89.4 Å². The number of rotatable bonds is 3. The Balaban J connectivity index is 1.59. The van der Waals surface area contributed by atoms with Crippen molar-refractivity contribution in [2.24, 2.45) is 0 Å². The highest BCUT2D eigenvalue weighted by Crippen LogP contribution is 2.32. The van der Waals surface area contributed by atoms with Crippen LogP contribution in [0.1, 0.15) is 21.6 Å². The number of hydrogen-bond acceptors (Lipinski definition) is 3. The van der Waals surface area contributed by atoms with E-state index >= 15 is 0 Å². The maximum atomic E-state index is 13.4. The van der Waals surface area contributed by atoms with Gasteiger partial charge in [0.25, 0.3) is 5.91 Å². The summed E-state index contributed by atoms with van der Waals surface area (Å²) in [6, 6.07) is 19.1. The van der Waals surface area contributed by atoms with Gasteiger partial charge in [0.05, 0.1) is 22.9 Å².